The van der Waals surface area contributed by atoms with Crippen molar-refractivity contribution in [2.24, 2.45) is 0 Å². The predicted octanol–water partition coefficient (Wildman–Crippen LogP) is 3.97. The van der Waals surface area contributed by atoms with E-state index < -0.39 is 0 Å². The third-order valence-electron chi connectivity index (χ3n) is 6.17. The topological polar surface area (TPSA) is 130 Å². The summed E-state index contributed by atoms with van der Waals surface area (Å²) in [6.07, 6.45) is 4.79. The van der Waals surface area contributed by atoms with Crippen LogP contribution >= 0.6 is 0 Å². The van der Waals surface area contributed by atoms with Crippen LogP contribution in [0, 0.1) is 6.92 Å². The van der Waals surface area contributed by atoms with Crippen molar-refractivity contribution in [1.29, 1.82) is 0 Å². The minimum atomic E-state index is -0.320. The molecule has 0 saturated carbocycles. The largest absolute Gasteiger partial charge is 0.339 e. The molecule has 1 atom stereocenters. The van der Waals surface area contributed by atoms with Crippen molar-refractivity contribution in [3.8, 4) is 22.8 Å². The summed E-state index contributed by atoms with van der Waals surface area (Å²) in [6.45, 7) is 6.73. The van der Waals surface area contributed by atoms with Crippen molar-refractivity contribution < 1.29 is 14.1 Å². The number of anilines is 1. The van der Waals surface area contributed by atoms with Crippen molar-refractivity contribution in [2.45, 2.75) is 25.7 Å². The maximum atomic E-state index is 12.8. The highest BCUT2D eigenvalue weighted by atomic mass is 16.5. The number of nitrogens with one attached hydrogen (secondary N) is 2. The Morgan fingerprint density at radius 1 is 1.19 bits per heavy atom. The molecule has 1 fully saturated rings. The number of hydrogen-bond acceptors (Lipinski definition) is 7. The quantitative estimate of drug-likeness (QED) is 0.397. The number of carbonyl (C=O) groups excluding carboxylic acids is 2. The van der Waals surface area contributed by atoms with E-state index in [1.54, 1.807) is 35.4 Å². The van der Waals surface area contributed by atoms with Crippen LogP contribution in [0.25, 0.3) is 22.8 Å². The smallest absolute Gasteiger partial charge is 0.274 e. The van der Waals surface area contributed by atoms with Crippen molar-refractivity contribution >= 4 is 17.5 Å². The third kappa shape index (κ3) is 4.78. The Hall–Kier alpha value is -4.60. The van der Waals surface area contributed by atoms with Crippen LogP contribution in [0.2, 0.25) is 0 Å². The van der Waals surface area contributed by atoms with Gasteiger partial charge in [0.1, 0.15) is 5.69 Å². The average Bonchev–Trinajstić information content (AvgIpc) is 3.58. The van der Waals surface area contributed by atoms with Gasteiger partial charge in [-0.25, -0.2) is 4.98 Å². The first-order chi connectivity index (χ1) is 17.5. The number of amides is 2. The summed E-state index contributed by atoms with van der Waals surface area (Å²) in [5.41, 5.74) is 4.05. The van der Waals surface area contributed by atoms with Crippen LogP contribution in [0.3, 0.4) is 0 Å². The van der Waals surface area contributed by atoms with Crippen molar-refractivity contribution in [2.75, 3.05) is 18.4 Å². The van der Waals surface area contributed by atoms with E-state index in [4.69, 9.17) is 4.52 Å². The zero-order valence-corrected chi connectivity index (χ0v) is 19.8. The summed E-state index contributed by atoms with van der Waals surface area (Å²) in [4.78, 5) is 35.5. The van der Waals surface area contributed by atoms with Crippen LogP contribution in [0.4, 0.5) is 5.69 Å². The van der Waals surface area contributed by atoms with Gasteiger partial charge in [-0.2, -0.15) is 10.1 Å². The summed E-state index contributed by atoms with van der Waals surface area (Å²) in [5.74, 6) is 0.563. The molecule has 2 N–H and O–H groups in total. The van der Waals surface area contributed by atoms with E-state index in [0.717, 1.165) is 29.7 Å². The molecule has 36 heavy (non-hydrogen) atoms. The van der Waals surface area contributed by atoms with Crippen LogP contribution in [0.5, 0.6) is 0 Å². The zero-order chi connectivity index (χ0) is 25.1. The van der Waals surface area contributed by atoms with Crippen LogP contribution < -0.4 is 5.32 Å². The minimum Gasteiger partial charge on any atom is -0.339 e. The van der Waals surface area contributed by atoms with Gasteiger partial charge in [-0.15, -0.1) is 0 Å². The van der Waals surface area contributed by atoms with Gasteiger partial charge in [0.15, 0.2) is 0 Å². The van der Waals surface area contributed by atoms with Crippen LogP contribution in [0.15, 0.2) is 65.8 Å². The Bertz CT molecular complexity index is 1410. The maximum absolute atomic E-state index is 12.8. The highest BCUT2D eigenvalue weighted by Gasteiger charge is 2.27. The van der Waals surface area contributed by atoms with E-state index >= 15 is 0 Å². The summed E-state index contributed by atoms with van der Waals surface area (Å²) >= 11 is 0. The molecule has 0 aliphatic carbocycles. The van der Waals surface area contributed by atoms with Crippen LogP contribution in [-0.4, -0.2) is 55.1 Å². The molecule has 10 heteroatoms. The number of aromatic nitrogens is 5. The van der Waals surface area contributed by atoms with E-state index in [2.05, 4.69) is 37.2 Å². The van der Waals surface area contributed by atoms with Gasteiger partial charge < -0.3 is 14.7 Å². The molecule has 1 saturated heterocycles. The lowest BCUT2D eigenvalue weighted by molar-refractivity contribution is -0.127. The van der Waals surface area contributed by atoms with Crippen molar-refractivity contribution in [3.05, 3.63) is 78.5 Å². The van der Waals surface area contributed by atoms with Gasteiger partial charge in [0.05, 0.1) is 23.5 Å². The van der Waals surface area contributed by atoms with E-state index in [1.165, 1.54) is 6.08 Å². The third-order valence-corrected chi connectivity index (χ3v) is 6.17. The molecule has 0 radical (unpaired) electrons. The lowest BCUT2D eigenvalue weighted by atomic mass is 9.98. The highest BCUT2D eigenvalue weighted by molar-refractivity contribution is 6.03. The Labute approximate surface area is 207 Å². The molecule has 1 aliphatic rings. The Morgan fingerprint density at radius 2 is 2.03 bits per heavy atom. The number of benzene rings is 1. The van der Waals surface area contributed by atoms with Gasteiger partial charge in [-0.05, 0) is 67.8 Å². The fraction of sp³-hybridized carbons (Fsp3) is 0.231. The highest BCUT2D eigenvalue weighted by Crippen LogP contribution is 2.28. The molecule has 5 rings (SSSR count). The first-order valence-electron chi connectivity index (χ1n) is 11.7. The molecule has 10 nitrogen and oxygen atoms in total. The van der Waals surface area contributed by atoms with Gasteiger partial charge in [-0.1, -0.05) is 17.8 Å². The number of nitrogens with zero attached hydrogens (tertiary/aromatic N) is 5. The van der Waals surface area contributed by atoms with E-state index in [1.807, 2.05) is 25.1 Å². The molecule has 4 aromatic rings. The second kappa shape index (κ2) is 9.95. The lowest BCUT2D eigenvalue weighted by Gasteiger charge is -2.30. The predicted molar refractivity (Wildman–Crippen MR) is 133 cm³/mol. The second-order valence-electron chi connectivity index (χ2n) is 8.65. The summed E-state index contributed by atoms with van der Waals surface area (Å²) < 4.78 is 5.51. The molecule has 4 heterocycles. The first-order valence-corrected chi connectivity index (χ1v) is 11.7. The number of rotatable bonds is 6. The molecular weight excluding hydrogens is 458 g/mol. The number of aryl methyl sites for hydroxylation is 1. The fourth-order valence-corrected chi connectivity index (χ4v) is 4.23. The molecule has 0 bridgehead atoms. The normalized spacial score (nSPS) is 15.5. The molecule has 2 amide bonds. The van der Waals surface area contributed by atoms with Gasteiger partial charge in [0.2, 0.25) is 17.6 Å². The SMILES string of the molecule is C=CC(=O)N1CCCC(c2nc(-c3ccc(NC(=O)c4cccc(-c5[nH]ncc5C)n4)cc3)no2)C1. The molecule has 1 unspecified atom stereocenters. The van der Waals surface area contributed by atoms with E-state index in [9.17, 15) is 9.59 Å². The van der Waals surface area contributed by atoms with Gasteiger partial charge in [0, 0.05) is 24.3 Å². The Kier molecular flexibility index (Phi) is 6.40. The zero-order valence-electron chi connectivity index (χ0n) is 19.8. The standard InChI is InChI=1S/C26H25N7O3/c1-3-22(34)33-13-5-6-18(15-33)26-30-24(32-36-26)17-9-11-19(12-10-17)28-25(35)21-8-4-7-20(29-21)23-16(2)14-27-31-23/h3-4,7-12,14,18H,1,5-6,13,15H2,2H3,(H,27,31)(H,28,35). The van der Waals surface area contributed by atoms with E-state index in [0.29, 0.717) is 41.9 Å². The first kappa shape index (κ1) is 23.2. The number of carbonyl (C=O) groups is 2. The van der Waals surface area contributed by atoms with Crippen molar-refractivity contribution in [1.82, 2.24) is 30.2 Å². The molecule has 3 aromatic heterocycles. The number of likely N-dealkylation sites (tertiary alicyclic amines) is 1. The lowest BCUT2D eigenvalue weighted by Crippen LogP contribution is -2.38. The average molecular weight is 484 g/mol. The van der Waals surface area contributed by atoms with E-state index in [-0.39, 0.29) is 17.7 Å². The number of H-pyrrole nitrogens is 1. The number of pyridine rings is 1. The fourth-order valence-electron chi connectivity index (χ4n) is 4.23. The monoisotopic (exact) mass is 483 g/mol. The van der Waals surface area contributed by atoms with Crippen molar-refractivity contribution in [3.63, 3.8) is 0 Å². The summed E-state index contributed by atoms with van der Waals surface area (Å²) in [5, 5.41) is 13.9. The van der Waals surface area contributed by atoms with Gasteiger partial charge >= 0.3 is 0 Å². The Balaban J connectivity index is 1.25. The van der Waals surface area contributed by atoms with Crippen LogP contribution in [-0.2, 0) is 4.79 Å². The maximum Gasteiger partial charge on any atom is 0.274 e. The summed E-state index contributed by atoms with van der Waals surface area (Å²) in [7, 11) is 0. The van der Waals surface area contributed by atoms with Gasteiger partial charge in [-0.3, -0.25) is 14.7 Å². The summed E-state index contributed by atoms with van der Waals surface area (Å²) in [6, 6.07) is 12.5. The number of piperidine rings is 1. The Morgan fingerprint density at radius 3 is 2.78 bits per heavy atom. The molecule has 0 spiro atoms. The molecular formula is C26H25N7O3. The van der Waals surface area contributed by atoms with Gasteiger partial charge in [0.25, 0.3) is 5.91 Å². The number of aromatic amines is 1. The molecule has 1 aliphatic heterocycles. The molecule has 182 valence electrons. The second-order valence-corrected chi connectivity index (χ2v) is 8.65. The minimum absolute atomic E-state index is 0.00345. The van der Waals surface area contributed by atoms with Crippen LogP contribution in [0.1, 0.15) is 40.7 Å². The molecule has 1 aromatic carbocycles. The number of hydrogen-bond donors (Lipinski definition) is 2.